The number of hydrogen-bond acceptors (Lipinski definition) is 1. The molecule has 0 aliphatic heterocycles. The van der Waals surface area contributed by atoms with Crippen molar-refractivity contribution >= 4 is 11.6 Å². The molecule has 0 saturated carbocycles. The summed E-state index contributed by atoms with van der Waals surface area (Å²) >= 11 is 5.73. The average Bonchev–Trinajstić information content (AvgIpc) is 2.45. The van der Waals surface area contributed by atoms with Gasteiger partial charge in [-0.1, -0.05) is 17.7 Å². The Hall–Kier alpha value is -0.670. The molecule has 1 aliphatic rings. The van der Waals surface area contributed by atoms with Crippen LogP contribution in [0.1, 0.15) is 17.5 Å². The minimum Gasteiger partial charge on any atom is -0.379 e. The first-order chi connectivity index (χ1) is 6.54. The highest BCUT2D eigenvalue weighted by Gasteiger charge is 2.44. The summed E-state index contributed by atoms with van der Waals surface area (Å²) in [5.74, 6) is 0. The molecule has 0 fully saturated rings. The molecular formula is C10H9ClF2O. The smallest absolute Gasteiger partial charge is 0.270 e. The van der Waals surface area contributed by atoms with Gasteiger partial charge in [0, 0.05) is 5.02 Å². The van der Waals surface area contributed by atoms with Crippen LogP contribution in [0.15, 0.2) is 18.2 Å². The molecule has 0 amide bonds. The number of benzene rings is 1. The number of hydrogen-bond donors (Lipinski definition) is 1. The standard InChI is InChI=1S/C10H9ClF2O/c11-7-1-2-8-6(5-7)3-4-10(8,14)9(12)13/h1-2,5,9,14H,3-4H2. The van der Waals surface area contributed by atoms with Crippen LogP contribution in [-0.4, -0.2) is 11.5 Å². The molecule has 4 heteroatoms. The van der Waals surface area contributed by atoms with E-state index in [4.69, 9.17) is 11.6 Å². The second-order valence-electron chi connectivity index (χ2n) is 3.53. The van der Waals surface area contributed by atoms with Crippen LogP contribution in [0.4, 0.5) is 8.78 Å². The third-order valence-electron chi connectivity index (χ3n) is 2.67. The minimum absolute atomic E-state index is 0.0698. The van der Waals surface area contributed by atoms with Crippen LogP contribution in [-0.2, 0) is 12.0 Å². The van der Waals surface area contributed by atoms with Crippen LogP contribution in [0, 0.1) is 0 Å². The Morgan fingerprint density at radius 3 is 2.79 bits per heavy atom. The van der Waals surface area contributed by atoms with Crippen molar-refractivity contribution in [2.24, 2.45) is 0 Å². The van der Waals surface area contributed by atoms with Gasteiger partial charge in [-0.2, -0.15) is 0 Å². The van der Waals surface area contributed by atoms with E-state index < -0.39 is 12.0 Å². The molecule has 0 radical (unpaired) electrons. The Labute approximate surface area is 85.3 Å². The molecule has 0 spiro atoms. The van der Waals surface area contributed by atoms with Crippen LogP contribution in [0.3, 0.4) is 0 Å². The predicted octanol–water partition coefficient (Wildman–Crippen LogP) is 2.74. The van der Waals surface area contributed by atoms with Crippen LogP contribution < -0.4 is 0 Å². The molecule has 1 unspecified atom stereocenters. The Morgan fingerprint density at radius 1 is 1.43 bits per heavy atom. The van der Waals surface area contributed by atoms with E-state index in [-0.39, 0.29) is 6.42 Å². The number of aryl methyl sites for hydroxylation is 1. The highest BCUT2D eigenvalue weighted by atomic mass is 35.5. The van der Waals surface area contributed by atoms with Gasteiger partial charge < -0.3 is 5.11 Å². The molecule has 2 rings (SSSR count). The van der Waals surface area contributed by atoms with Crippen LogP contribution >= 0.6 is 11.6 Å². The molecule has 0 saturated heterocycles. The van der Waals surface area contributed by atoms with Crippen LogP contribution in [0.5, 0.6) is 0 Å². The zero-order valence-electron chi connectivity index (χ0n) is 7.30. The highest BCUT2D eigenvalue weighted by Crippen LogP contribution is 2.41. The van der Waals surface area contributed by atoms with E-state index in [0.717, 1.165) is 5.56 Å². The molecule has 1 N–H and O–H groups in total. The fourth-order valence-corrected chi connectivity index (χ4v) is 2.07. The van der Waals surface area contributed by atoms with Gasteiger partial charge in [0.15, 0.2) is 5.60 Å². The molecule has 1 atom stereocenters. The third kappa shape index (κ3) is 1.31. The zero-order valence-corrected chi connectivity index (χ0v) is 8.06. The zero-order chi connectivity index (χ0) is 10.3. The molecule has 1 aliphatic carbocycles. The summed E-state index contributed by atoms with van der Waals surface area (Å²) in [6.45, 7) is 0. The van der Waals surface area contributed by atoms with Gasteiger partial charge in [-0.05, 0) is 36.1 Å². The molecule has 76 valence electrons. The predicted molar refractivity (Wildman–Crippen MR) is 49.7 cm³/mol. The summed E-state index contributed by atoms with van der Waals surface area (Å²) in [6, 6.07) is 4.65. The van der Waals surface area contributed by atoms with Gasteiger partial charge >= 0.3 is 0 Å². The first kappa shape index (κ1) is 9.87. The van der Waals surface area contributed by atoms with E-state index in [1.165, 1.54) is 12.1 Å². The van der Waals surface area contributed by atoms with Crippen molar-refractivity contribution in [1.82, 2.24) is 0 Å². The van der Waals surface area contributed by atoms with Crippen LogP contribution in [0.2, 0.25) is 5.02 Å². The quantitative estimate of drug-likeness (QED) is 0.769. The number of rotatable bonds is 1. The Balaban J connectivity index is 2.49. The first-order valence-corrected chi connectivity index (χ1v) is 4.71. The lowest BCUT2D eigenvalue weighted by Gasteiger charge is -2.22. The maximum atomic E-state index is 12.6. The van der Waals surface area contributed by atoms with Crippen molar-refractivity contribution in [1.29, 1.82) is 0 Å². The van der Waals surface area contributed by atoms with E-state index in [1.54, 1.807) is 6.07 Å². The van der Waals surface area contributed by atoms with E-state index in [1.807, 2.05) is 0 Å². The van der Waals surface area contributed by atoms with E-state index >= 15 is 0 Å². The Morgan fingerprint density at radius 2 is 2.14 bits per heavy atom. The maximum absolute atomic E-state index is 12.6. The number of halogens is 3. The van der Waals surface area contributed by atoms with Gasteiger partial charge in [-0.3, -0.25) is 0 Å². The Bertz CT molecular complexity index is 367. The van der Waals surface area contributed by atoms with Crippen molar-refractivity contribution in [2.75, 3.05) is 0 Å². The molecule has 0 heterocycles. The average molecular weight is 219 g/mol. The first-order valence-electron chi connectivity index (χ1n) is 4.33. The molecule has 1 aromatic rings. The molecular weight excluding hydrogens is 210 g/mol. The van der Waals surface area contributed by atoms with Gasteiger partial charge in [0.25, 0.3) is 6.43 Å². The van der Waals surface area contributed by atoms with Crippen molar-refractivity contribution in [3.8, 4) is 0 Å². The van der Waals surface area contributed by atoms with E-state index in [2.05, 4.69) is 0 Å². The number of aliphatic hydroxyl groups is 1. The lowest BCUT2D eigenvalue weighted by molar-refractivity contribution is -0.100. The van der Waals surface area contributed by atoms with E-state index in [0.29, 0.717) is 17.0 Å². The Kier molecular flexibility index (Phi) is 2.24. The summed E-state index contributed by atoms with van der Waals surface area (Å²) < 4.78 is 25.2. The second kappa shape index (κ2) is 3.17. The van der Waals surface area contributed by atoms with Gasteiger partial charge in [0.05, 0.1) is 0 Å². The number of fused-ring (bicyclic) bond motifs is 1. The summed E-state index contributed by atoms with van der Waals surface area (Å²) in [5, 5.41) is 10.2. The molecule has 1 nitrogen and oxygen atoms in total. The highest BCUT2D eigenvalue weighted by molar-refractivity contribution is 6.30. The van der Waals surface area contributed by atoms with Gasteiger partial charge in [0.1, 0.15) is 0 Å². The van der Waals surface area contributed by atoms with Gasteiger partial charge in [0.2, 0.25) is 0 Å². The van der Waals surface area contributed by atoms with E-state index in [9.17, 15) is 13.9 Å². The third-order valence-corrected chi connectivity index (χ3v) is 2.91. The van der Waals surface area contributed by atoms with Gasteiger partial charge in [-0.15, -0.1) is 0 Å². The lowest BCUT2D eigenvalue weighted by atomic mass is 9.97. The fraction of sp³-hybridized carbons (Fsp3) is 0.400. The SMILES string of the molecule is OC1(C(F)F)CCc2cc(Cl)ccc21. The fourth-order valence-electron chi connectivity index (χ4n) is 1.88. The number of alkyl halides is 2. The lowest BCUT2D eigenvalue weighted by Crippen LogP contribution is -2.31. The monoisotopic (exact) mass is 218 g/mol. The molecule has 0 aromatic heterocycles. The molecule has 14 heavy (non-hydrogen) atoms. The van der Waals surface area contributed by atoms with Crippen molar-refractivity contribution in [3.05, 3.63) is 34.3 Å². The minimum atomic E-state index is -2.75. The summed E-state index contributed by atoms with van der Waals surface area (Å²) in [6.07, 6.45) is -2.22. The van der Waals surface area contributed by atoms with Crippen molar-refractivity contribution < 1.29 is 13.9 Å². The largest absolute Gasteiger partial charge is 0.379 e. The summed E-state index contributed by atoms with van der Waals surface area (Å²) in [7, 11) is 0. The van der Waals surface area contributed by atoms with Gasteiger partial charge in [-0.25, -0.2) is 8.78 Å². The van der Waals surface area contributed by atoms with Crippen molar-refractivity contribution in [2.45, 2.75) is 24.9 Å². The normalized spacial score (nSPS) is 25.5. The molecule has 1 aromatic carbocycles. The van der Waals surface area contributed by atoms with Crippen LogP contribution in [0.25, 0.3) is 0 Å². The summed E-state index contributed by atoms with van der Waals surface area (Å²) in [4.78, 5) is 0. The topological polar surface area (TPSA) is 20.2 Å². The summed E-state index contributed by atoms with van der Waals surface area (Å²) in [5.41, 5.74) is -0.933. The molecule has 0 bridgehead atoms. The van der Waals surface area contributed by atoms with Crippen molar-refractivity contribution in [3.63, 3.8) is 0 Å². The maximum Gasteiger partial charge on any atom is 0.270 e. The second-order valence-corrected chi connectivity index (χ2v) is 3.96.